The van der Waals surface area contributed by atoms with Crippen LogP contribution in [0.1, 0.15) is 23.2 Å². The number of ether oxygens (including phenoxy) is 1. The molecule has 3 rings (SSSR count). The molecule has 7 nitrogen and oxygen atoms in total. The summed E-state index contributed by atoms with van der Waals surface area (Å²) >= 11 is 1.50. The normalized spacial score (nSPS) is 22.2. The van der Waals surface area contributed by atoms with Gasteiger partial charge in [-0.15, -0.1) is 0 Å². The van der Waals surface area contributed by atoms with E-state index >= 15 is 0 Å². The van der Waals surface area contributed by atoms with Gasteiger partial charge in [0.05, 0.1) is 25.0 Å². The predicted molar refractivity (Wildman–Crippen MR) is 102 cm³/mol. The van der Waals surface area contributed by atoms with Crippen LogP contribution in [0.15, 0.2) is 16.8 Å². The van der Waals surface area contributed by atoms with Gasteiger partial charge in [-0.05, 0) is 30.8 Å². The molecule has 0 bridgehead atoms. The van der Waals surface area contributed by atoms with E-state index in [1.54, 1.807) is 9.21 Å². The maximum Gasteiger partial charge on any atom is 0.254 e. The quantitative estimate of drug-likeness (QED) is 0.680. The molecular formula is C17H27N3O4S2. The fourth-order valence-electron chi connectivity index (χ4n) is 3.62. The van der Waals surface area contributed by atoms with Crippen LogP contribution in [0.2, 0.25) is 0 Å². The molecular weight excluding hydrogens is 374 g/mol. The van der Waals surface area contributed by atoms with Crippen molar-refractivity contribution in [2.75, 3.05) is 58.7 Å². The van der Waals surface area contributed by atoms with Gasteiger partial charge < -0.3 is 9.64 Å². The fourth-order valence-corrected chi connectivity index (χ4v) is 5.43. The molecule has 1 aromatic rings. The van der Waals surface area contributed by atoms with Crippen molar-refractivity contribution in [1.29, 1.82) is 0 Å². The summed E-state index contributed by atoms with van der Waals surface area (Å²) in [6.07, 6.45) is 2.76. The van der Waals surface area contributed by atoms with Gasteiger partial charge >= 0.3 is 0 Å². The summed E-state index contributed by atoms with van der Waals surface area (Å²) in [5, 5.41) is 3.72. The SMILES string of the molecule is CS(=O)(=O)N(CCCN1CCOCC1)C1CCN(C(=O)c2ccsc2)C1. The number of carbonyl (C=O) groups excluding carboxylic acids is 1. The number of hydrogen-bond acceptors (Lipinski definition) is 6. The van der Waals surface area contributed by atoms with Crippen LogP contribution in [0.25, 0.3) is 0 Å². The third-order valence-electron chi connectivity index (χ3n) is 5.01. The van der Waals surface area contributed by atoms with Gasteiger partial charge in [0.25, 0.3) is 5.91 Å². The van der Waals surface area contributed by atoms with Gasteiger partial charge in [0.1, 0.15) is 0 Å². The average molecular weight is 402 g/mol. The second-order valence-corrected chi connectivity index (χ2v) is 9.60. The fraction of sp³-hybridized carbons (Fsp3) is 0.706. The number of likely N-dealkylation sites (tertiary alicyclic amines) is 1. The van der Waals surface area contributed by atoms with Crippen molar-refractivity contribution < 1.29 is 17.9 Å². The topological polar surface area (TPSA) is 70.2 Å². The number of amides is 1. The maximum absolute atomic E-state index is 12.5. The molecule has 0 N–H and O–H groups in total. The second-order valence-electron chi connectivity index (χ2n) is 6.89. The van der Waals surface area contributed by atoms with E-state index < -0.39 is 10.0 Å². The molecule has 2 saturated heterocycles. The molecule has 2 aliphatic heterocycles. The Bertz CT molecular complexity index is 687. The van der Waals surface area contributed by atoms with Crippen LogP contribution >= 0.6 is 11.3 Å². The first kappa shape index (κ1) is 19.8. The number of nitrogens with zero attached hydrogens (tertiary/aromatic N) is 3. The zero-order chi connectivity index (χ0) is 18.6. The molecule has 0 aliphatic carbocycles. The van der Waals surface area contributed by atoms with E-state index in [9.17, 15) is 13.2 Å². The molecule has 2 fully saturated rings. The lowest BCUT2D eigenvalue weighted by Gasteiger charge is -2.30. The minimum absolute atomic E-state index is 0.00415. The van der Waals surface area contributed by atoms with Gasteiger partial charge in [-0.3, -0.25) is 9.69 Å². The molecule has 0 saturated carbocycles. The highest BCUT2D eigenvalue weighted by Gasteiger charge is 2.34. The summed E-state index contributed by atoms with van der Waals surface area (Å²) < 4.78 is 31.5. The van der Waals surface area contributed by atoms with E-state index in [1.165, 1.54) is 17.6 Å². The van der Waals surface area contributed by atoms with Crippen molar-refractivity contribution in [3.63, 3.8) is 0 Å². The number of morpholine rings is 1. The van der Waals surface area contributed by atoms with E-state index in [4.69, 9.17) is 4.74 Å². The monoisotopic (exact) mass is 401 g/mol. The Hall–Kier alpha value is -1.00. The Morgan fingerprint density at radius 3 is 2.77 bits per heavy atom. The van der Waals surface area contributed by atoms with E-state index in [1.807, 2.05) is 16.8 Å². The largest absolute Gasteiger partial charge is 0.379 e. The number of hydrogen-bond donors (Lipinski definition) is 0. The number of rotatable bonds is 7. The minimum Gasteiger partial charge on any atom is -0.379 e. The number of carbonyl (C=O) groups is 1. The lowest BCUT2D eigenvalue weighted by molar-refractivity contribution is 0.0366. The second kappa shape index (κ2) is 8.79. The highest BCUT2D eigenvalue weighted by atomic mass is 32.2. The summed E-state index contributed by atoms with van der Waals surface area (Å²) in [6.45, 7) is 5.77. The summed E-state index contributed by atoms with van der Waals surface area (Å²) in [6, 6.07) is 1.69. The van der Waals surface area contributed by atoms with Crippen LogP contribution in [0, 0.1) is 0 Å². The summed E-state index contributed by atoms with van der Waals surface area (Å²) in [5.74, 6) is -0.00415. The van der Waals surface area contributed by atoms with Crippen molar-refractivity contribution in [3.8, 4) is 0 Å². The molecule has 0 aromatic carbocycles. The lowest BCUT2D eigenvalue weighted by atomic mass is 10.2. The van der Waals surface area contributed by atoms with Crippen LogP contribution in [0.4, 0.5) is 0 Å². The van der Waals surface area contributed by atoms with E-state index in [0.717, 1.165) is 39.3 Å². The van der Waals surface area contributed by atoms with E-state index in [2.05, 4.69) is 4.90 Å². The molecule has 2 aliphatic rings. The molecule has 3 heterocycles. The van der Waals surface area contributed by atoms with Crippen LogP contribution in [0.5, 0.6) is 0 Å². The van der Waals surface area contributed by atoms with Gasteiger partial charge in [-0.25, -0.2) is 8.42 Å². The van der Waals surface area contributed by atoms with Crippen LogP contribution in [-0.2, 0) is 14.8 Å². The third-order valence-corrected chi connectivity index (χ3v) is 7.02. The van der Waals surface area contributed by atoms with Crippen molar-refractivity contribution >= 4 is 27.3 Å². The molecule has 0 spiro atoms. The summed E-state index contributed by atoms with van der Waals surface area (Å²) in [5.41, 5.74) is 0.689. The average Bonchev–Trinajstić information content (AvgIpc) is 3.30. The Kier molecular flexibility index (Phi) is 6.68. The highest BCUT2D eigenvalue weighted by molar-refractivity contribution is 7.88. The molecule has 1 unspecified atom stereocenters. The van der Waals surface area contributed by atoms with Gasteiger partial charge in [0.15, 0.2) is 0 Å². The Morgan fingerprint density at radius 2 is 2.12 bits per heavy atom. The van der Waals surface area contributed by atoms with Gasteiger partial charge in [0.2, 0.25) is 10.0 Å². The zero-order valence-electron chi connectivity index (χ0n) is 15.2. The first-order valence-corrected chi connectivity index (χ1v) is 11.8. The van der Waals surface area contributed by atoms with Crippen molar-refractivity contribution in [2.45, 2.75) is 18.9 Å². The van der Waals surface area contributed by atoms with E-state index in [-0.39, 0.29) is 11.9 Å². The first-order valence-electron chi connectivity index (χ1n) is 9.03. The summed E-state index contributed by atoms with van der Waals surface area (Å²) in [4.78, 5) is 16.6. The van der Waals surface area contributed by atoms with Gasteiger partial charge in [-0.2, -0.15) is 15.6 Å². The van der Waals surface area contributed by atoms with Gasteiger partial charge in [0, 0.05) is 44.1 Å². The minimum atomic E-state index is -3.30. The van der Waals surface area contributed by atoms with Crippen molar-refractivity contribution in [1.82, 2.24) is 14.1 Å². The van der Waals surface area contributed by atoms with Crippen molar-refractivity contribution in [3.05, 3.63) is 22.4 Å². The molecule has 0 radical (unpaired) electrons. The van der Waals surface area contributed by atoms with Gasteiger partial charge in [-0.1, -0.05) is 0 Å². The zero-order valence-corrected chi connectivity index (χ0v) is 16.8. The maximum atomic E-state index is 12.5. The van der Waals surface area contributed by atoms with Crippen LogP contribution in [0.3, 0.4) is 0 Å². The molecule has 26 heavy (non-hydrogen) atoms. The Labute approximate surface area is 159 Å². The van der Waals surface area contributed by atoms with Crippen molar-refractivity contribution in [2.24, 2.45) is 0 Å². The Balaban J connectivity index is 1.55. The highest BCUT2D eigenvalue weighted by Crippen LogP contribution is 2.21. The number of thiophene rings is 1. The van der Waals surface area contributed by atoms with Crippen LogP contribution < -0.4 is 0 Å². The summed E-state index contributed by atoms with van der Waals surface area (Å²) in [7, 11) is -3.30. The molecule has 1 atom stereocenters. The smallest absolute Gasteiger partial charge is 0.254 e. The molecule has 1 amide bonds. The van der Waals surface area contributed by atoms with E-state index in [0.29, 0.717) is 31.6 Å². The Morgan fingerprint density at radius 1 is 1.35 bits per heavy atom. The molecule has 9 heteroatoms. The standard InChI is InChI=1S/C17H27N3O4S2/c1-26(22,23)20(6-2-5-18-8-10-24-11-9-18)16-3-7-19(13-16)17(21)15-4-12-25-14-15/h4,12,14,16H,2-3,5-11,13H2,1H3. The lowest BCUT2D eigenvalue weighted by Crippen LogP contribution is -2.44. The predicted octanol–water partition coefficient (Wildman–Crippen LogP) is 0.947. The molecule has 1 aromatic heterocycles. The number of sulfonamides is 1. The first-order chi connectivity index (χ1) is 12.4. The third kappa shape index (κ3) is 5.04. The molecule has 146 valence electrons. The van der Waals surface area contributed by atoms with Crippen LogP contribution in [-0.4, -0.2) is 93.2 Å².